The molecular formula is C25H40O4. The van der Waals surface area contributed by atoms with E-state index in [-0.39, 0.29) is 18.4 Å². The summed E-state index contributed by atoms with van der Waals surface area (Å²) in [6.45, 7) is 2.88. The molecule has 1 rings (SSSR count). The Kier molecular flexibility index (Phi) is 15.0. The number of hydrogen-bond acceptors (Lipinski definition) is 3. The highest BCUT2D eigenvalue weighted by Gasteiger charge is 2.12. The molecule has 0 radical (unpaired) electrons. The smallest absolute Gasteiger partial charge is 0.303 e. The van der Waals surface area contributed by atoms with Gasteiger partial charge in [-0.1, -0.05) is 82.2 Å². The lowest BCUT2D eigenvalue weighted by molar-refractivity contribution is -0.137. The molecule has 0 spiro atoms. The van der Waals surface area contributed by atoms with Crippen LogP contribution in [0.2, 0.25) is 0 Å². The fourth-order valence-corrected chi connectivity index (χ4v) is 3.65. The standard InChI is InChI=1S/C25H40O4/c1-2-3-7-17-24(29-21-23-14-9-6-10-15-23)18-12-16-22(20-26)13-8-4-5-11-19-25(27)28/h6,9-10,14-15,20,22,24H,2-5,7-8,11-13,16-19,21H2,1H3,(H,27,28). The summed E-state index contributed by atoms with van der Waals surface area (Å²) in [6, 6.07) is 10.3. The van der Waals surface area contributed by atoms with E-state index in [1.165, 1.54) is 24.8 Å². The van der Waals surface area contributed by atoms with Crippen LogP contribution in [0.4, 0.5) is 0 Å². The molecule has 1 aromatic rings. The number of hydrogen-bond donors (Lipinski definition) is 1. The topological polar surface area (TPSA) is 63.6 Å². The van der Waals surface area contributed by atoms with Crippen LogP contribution < -0.4 is 0 Å². The molecule has 0 heterocycles. The van der Waals surface area contributed by atoms with Gasteiger partial charge >= 0.3 is 5.97 Å². The van der Waals surface area contributed by atoms with Gasteiger partial charge in [0.05, 0.1) is 12.7 Å². The highest BCUT2D eigenvalue weighted by Crippen LogP contribution is 2.20. The Morgan fingerprint density at radius 1 is 0.931 bits per heavy atom. The molecule has 0 aliphatic heterocycles. The number of unbranched alkanes of at least 4 members (excludes halogenated alkanes) is 5. The first-order valence-electron chi connectivity index (χ1n) is 11.5. The monoisotopic (exact) mass is 404 g/mol. The van der Waals surface area contributed by atoms with E-state index in [1.54, 1.807) is 0 Å². The third-order valence-corrected chi connectivity index (χ3v) is 5.47. The van der Waals surface area contributed by atoms with Gasteiger partial charge < -0.3 is 14.6 Å². The fourth-order valence-electron chi connectivity index (χ4n) is 3.65. The molecule has 1 aromatic carbocycles. The normalized spacial score (nSPS) is 13.1. The summed E-state index contributed by atoms with van der Waals surface area (Å²) in [5.74, 6) is -0.598. The van der Waals surface area contributed by atoms with E-state index in [9.17, 15) is 9.59 Å². The number of ether oxygens (including phenoxy) is 1. The van der Waals surface area contributed by atoms with E-state index < -0.39 is 5.97 Å². The molecule has 0 amide bonds. The minimum absolute atomic E-state index is 0.125. The van der Waals surface area contributed by atoms with Crippen molar-refractivity contribution in [3.05, 3.63) is 35.9 Å². The SMILES string of the molecule is CCCCCC(CCCC(C=O)CCCCCCC(=O)O)OCc1ccccc1. The highest BCUT2D eigenvalue weighted by molar-refractivity contribution is 5.66. The maximum atomic E-state index is 11.4. The van der Waals surface area contributed by atoms with Gasteiger partial charge in [-0.25, -0.2) is 0 Å². The second kappa shape index (κ2) is 17.2. The molecule has 164 valence electrons. The largest absolute Gasteiger partial charge is 0.481 e. The number of benzene rings is 1. The van der Waals surface area contributed by atoms with Gasteiger partial charge in [0.1, 0.15) is 6.29 Å². The summed E-state index contributed by atoms with van der Waals surface area (Å²) < 4.78 is 6.20. The van der Waals surface area contributed by atoms with Crippen molar-refractivity contribution in [3.8, 4) is 0 Å². The van der Waals surface area contributed by atoms with E-state index in [0.717, 1.165) is 64.1 Å². The van der Waals surface area contributed by atoms with Crippen molar-refractivity contribution in [2.24, 2.45) is 5.92 Å². The minimum Gasteiger partial charge on any atom is -0.481 e. The molecule has 0 saturated carbocycles. The van der Waals surface area contributed by atoms with E-state index in [2.05, 4.69) is 19.1 Å². The summed E-state index contributed by atoms with van der Waals surface area (Å²) in [6.07, 6.45) is 13.9. The van der Waals surface area contributed by atoms with Crippen LogP contribution in [0.15, 0.2) is 30.3 Å². The van der Waals surface area contributed by atoms with Crippen LogP contribution in [0.1, 0.15) is 96.0 Å². The molecule has 0 aliphatic carbocycles. The highest BCUT2D eigenvalue weighted by atomic mass is 16.5. The van der Waals surface area contributed by atoms with E-state index in [4.69, 9.17) is 9.84 Å². The molecule has 4 nitrogen and oxygen atoms in total. The molecule has 0 aliphatic rings. The van der Waals surface area contributed by atoms with Crippen molar-refractivity contribution in [2.75, 3.05) is 0 Å². The first-order chi connectivity index (χ1) is 14.2. The number of carboxylic acid groups (broad SMARTS) is 1. The maximum absolute atomic E-state index is 11.4. The summed E-state index contributed by atoms with van der Waals surface area (Å²) in [7, 11) is 0. The molecule has 2 unspecified atom stereocenters. The van der Waals surface area contributed by atoms with E-state index >= 15 is 0 Å². The molecule has 1 N–H and O–H groups in total. The first kappa shape index (κ1) is 25.4. The third kappa shape index (κ3) is 14.0. The molecular weight excluding hydrogens is 364 g/mol. The van der Waals surface area contributed by atoms with Gasteiger partial charge in [0.25, 0.3) is 0 Å². The average molecular weight is 405 g/mol. The lowest BCUT2D eigenvalue weighted by Crippen LogP contribution is -2.14. The third-order valence-electron chi connectivity index (χ3n) is 5.47. The van der Waals surface area contributed by atoms with Crippen LogP contribution in [0.3, 0.4) is 0 Å². The van der Waals surface area contributed by atoms with Gasteiger partial charge in [0, 0.05) is 12.3 Å². The molecule has 0 aromatic heterocycles. The van der Waals surface area contributed by atoms with Gasteiger partial charge in [-0.05, 0) is 37.7 Å². The molecule has 0 bridgehead atoms. The number of carbonyl (C=O) groups is 2. The molecule has 2 atom stereocenters. The number of carbonyl (C=O) groups excluding carboxylic acids is 1. The number of rotatable bonds is 19. The van der Waals surface area contributed by atoms with Crippen LogP contribution in [-0.2, 0) is 20.9 Å². The second-order valence-electron chi connectivity index (χ2n) is 8.09. The van der Waals surface area contributed by atoms with Crippen molar-refractivity contribution < 1.29 is 19.4 Å². The van der Waals surface area contributed by atoms with E-state index in [0.29, 0.717) is 6.61 Å². The Balaban J connectivity index is 2.26. The zero-order valence-electron chi connectivity index (χ0n) is 18.2. The van der Waals surface area contributed by atoms with Crippen LogP contribution in [0.5, 0.6) is 0 Å². The number of aliphatic carboxylic acids is 1. The lowest BCUT2D eigenvalue weighted by Gasteiger charge is -2.19. The second-order valence-corrected chi connectivity index (χ2v) is 8.09. The summed E-state index contributed by atoms with van der Waals surface area (Å²) in [5, 5.41) is 8.65. The van der Waals surface area contributed by atoms with Crippen LogP contribution >= 0.6 is 0 Å². The maximum Gasteiger partial charge on any atom is 0.303 e. The first-order valence-corrected chi connectivity index (χ1v) is 11.5. The minimum atomic E-state index is -0.723. The molecule has 29 heavy (non-hydrogen) atoms. The summed E-state index contributed by atoms with van der Waals surface area (Å²) in [4.78, 5) is 21.9. The Hall–Kier alpha value is -1.68. The average Bonchev–Trinajstić information content (AvgIpc) is 2.73. The predicted molar refractivity (Wildman–Crippen MR) is 118 cm³/mol. The van der Waals surface area contributed by atoms with Crippen molar-refractivity contribution >= 4 is 12.3 Å². The van der Waals surface area contributed by atoms with Gasteiger partial charge in [0.15, 0.2) is 0 Å². The van der Waals surface area contributed by atoms with Crippen LogP contribution in [0.25, 0.3) is 0 Å². The lowest BCUT2D eigenvalue weighted by atomic mass is 9.94. The number of carboxylic acids is 1. The van der Waals surface area contributed by atoms with E-state index in [1.807, 2.05) is 18.2 Å². The summed E-state index contributed by atoms with van der Waals surface area (Å²) in [5.41, 5.74) is 1.21. The Morgan fingerprint density at radius 3 is 2.28 bits per heavy atom. The van der Waals surface area contributed by atoms with Crippen LogP contribution in [-0.4, -0.2) is 23.5 Å². The van der Waals surface area contributed by atoms with Gasteiger partial charge in [-0.15, -0.1) is 0 Å². The van der Waals surface area contributed by atoms with Crippen LogP contribution in [0, 0.1) is 5.92 Å². The molecule has 0 fully saturated rings. The zero-order valence-corrected chi connectivity index (χ0v) is 18.2. The van der Waals surface area contributed by atoms with Crippen molar-refractivity contribution in [3.63, 3.8) is 0 Å². The summed E-state index contributed by atoms with van der Waals surface area (Å²) >= 11 is 0. The van der Waals surface area contributed by atoms with Crippen molar-refractivity contribution in [1.29, 1.82) is 0 Å². The van der Waals surface area contributed by atoms with Gasteiger partial charge in [-0.3, -0.25) is 4.79 Å². The Labute approximate surface area is 177 Å². The van der Waals surface area contributed by atoms with Gasteiger partial charge in [-0.2, -0.15) is 0 Å². The fraction of sp³-hybridized carbons (Fsp3) is 0.680. The van der Waals surface area contributed by atoms with Crippen molar-refractivity contribution in [2.45, 2.75) is 103 Å². The Morgan fingerprint density at radius 2 is 1.59 bits per heavy atom. The molecule has 0 saturated heterocycles. The predicted octanol–water partition coefficient (Wildman–Crippen LogP) is 6.56. The van der Waals surface area contributed by atoms with Crippen molar-refractivity contribution in [1.82, 2.24) is 0 Å². The Bertz CT molecular complexity index is 529. The molecule has 4 heteroatoms. The zero-order chi connectivity index (χ0) is 21.2. The number of aldehydes is 1. The quantitative estimate of drug-likeness (QED) is 0.209. The van der Waals surface area contributed by atoms with Gasteiger partial charge in [0.2, 0.25) is 0 Å².